The lowest BCUT2D eigenvalue weighted by Gasteiger charge is -2.05. The fourth-order valence-electron chi connectivity index (χ4n) is 1.63. The largest absolute Gasteiger partial charge is 0.385 e. The van der Waals surface area contributed by atoms with Crippen LogP contribution in [0.3, 0.4) is 0 Å². The maximum atomic E-state index is 11.5. The Hall–Kier alpha value is -2.14. The molecular weight excluding hydrogens is 270 g/mol. The van der Waals surface area contributed by atoms with Crippen molar-refractivity contribution in [2.45, 2.75) is 12.8 Å². The molecule has 1 aromatic heterocycles. The van der Waals surface area contributed by atoms with Crippen molar-refractivity contribution in [1.29, 1.82) is 0 Å². The molecule has 0 radical (unpaired) electrons. The summed E-state index contributed by atoms with van der Waals surface area (Å²) in [6.07, 6.45) is 2.89. The van der Waals surface area contributed by atoms with E-state index in [2.05, 4.69) is 15.8 Å². The van der Waals surface area contributed by atoms with Crippen molar-refractivity contribution in [3.63, 3.8) is 0 Å². The predicted molar refractivity (Wildman–Crippen MR) is 84.2 cm³/mol. The number of carbonyl (C=O) groups excluding carboxylic acids is 1. The first kappa shape index (κ1) is 14.3. The summed E-state index contributed by atoms with van der Waals surface area (Å²) in [5.41, 5.74) is 3.60. The van der Waals surface area contributed by atoms with Crippen LogP contribution in [0.5, 0.6) is 0 Å². The molecule has 4 nitrogen and oxygen atoms in total. The molecule has 2 aromatic rings. The molecule has 0 spiro atoms. The van der Waals surface area contributed by atoms with E-state index in [4.69, 9.17) is 0 Å². The van der Waals surface area contributed by atoms with Crippen LogP contribution in [0.1, 0.15) is 17.7 Å². The standard InChI is InChI=1S/C15H17N3OS/c19-15(18-17-12-14-8-5-11-20-14)9-4-10-16-13-6-2-1-3-7-13/h1-3,5-8,11-12,16H,4,9-10H2,(H,18,19)/b17-12+. The number of hydrogen-bond acceptors (Lipinski definition) is 4. The quantitative estimate of drug-likeness (QED) is 0.467. The Morgan fingerprint density at radius 2 is 2.05 bits per heavy atom. The monoisotopic (exact) mass is 287 g/mol. The van der Waals surface area contributed by atoms with Gasteiger partial charge in [-0.2, -0.15) is 5.10 Å². The lowest BCUT2D eigenvalue weighted by molar-refractivity contribution is -0.121. The summed E-state index contributed by atoms with van der Waals surface area (Å²) in [7, 11) is 0. The van der Waals surface area contributed by atoms with Crippen molar-refractivity contribution in [3.8, 4) is 0 Å². The number of amides is 1. The maximum absolute atomic E-state index is 11.5. The number of carbonyl (C=O) groups is 1. The molecule has 0 aliphatic rings. The second kappa shape index (κ2) is 8.12. The number of anilines is 1. The summed E-state index contributed by atoms with van der Waals surface area (Å²) in [4.78, 5) is 12.6. The summed E-state index contributed by atoms with van der Waals surface area (Å²) in [6, 6.07) is 13.8. The molecule has 0 unspecified atom stereocenters. The zero-order valence-corrected chi connectivity index (χ0v) is 11.9. The predicted octanol–water partition coefficient (Wildman–Crippen LogP) is 3.09. The molecule has 0 bridgehead atoms. The van der Waals surface area contributed by atoms with Gasteiger partial charge in [-0.15, -0.1) is 11.3 Å². The van der Waals surface area contributed by atoms with Gasteiger partial charge >= 0.3 is 0 Å². The van der Waals surface area contributed by atoms with E-state index in [1.54, 1.807) is 17.6 Å². The van der Waals surface area contributed by atoms with Gasteiger partial charge in [-0.3, -0.25) is 4.79 Å². The first-order chi connectivity index (χ1) is 9.84. The third-order valence-corrected chi connectivity index (χ3v) is 3.41. The minimum absolute atomic E-state index is 0.0623. The average molecular weight is 287 g/mol. The fraction of sp³-hybridized carbons (Fsp3) is 0.200. The van der Waals surface area contributed by atoms with Gasteiger partial charge in [0.1, 0.15) is 0 Å². The highest BCUT2D eigenvalue weighted by Crippen LogP contribution is 2.05. The van der Waals surface area contributed by atoms with Crippen LogP contribution in [-0.2, 0) is 4.79 Å². The van der Waals surface area contributed by atoms with Crippen LogP contribution in [0.25, 0.3) is 0 Å². The second-order valence-corrected chi connectivity index (χ2v) is 5.18. The third kappa shape index (κ3) is 5.24. The van der Waals surface area contributed by atoms with Gasteiger partial charge in [-0.05, 0) is 30.0 Å². The van der Waals surface area contributed by atoms with Crippen LogP contribution >= 0.6 is 11.3 Å². The Labute approximate surface area is 122 Å². The highest BCUT2D eigenvalue weighted by molar-refractivity contribution is 7.11. The number of para-hydroxylation sites is 1. The topological polar surface area (TPSA) is 53.5 Å². The molecule has 5 heteroatoms. The third-order valence-electron chi connectivity index (χ3n) is 2.61. The van der Waals surface area contributed by atoms with Crippen molar-refractivity contribution in [2.24, 2.45) is 5.10 Å². The van der Waals surface area contributed by atoms with Crippen LogP contribution in [-0.4, -0.2) is 18.7 Å². The first-order valence-electron chi connectivity index (χ1n) is 6.49. The van der Waals surface area contributed by atoms with Crippen molar-refractivity contribution >= 4 is 29.1 Å². The van der Waals surface area contributed by atoms with Crippen molar-refractivity contribution in [2.75, 3.05) is 11.9 Å². The van der Waals surface area contributed by atoms with Gasteiger partial charge in [0.2, 0.25) is 5.91 Å². The number of hydrogen-bond donors (Lipinski definition) is 2. The van der Waals surface area contributed by atoms with Gasteiger partial charge in [0, 0.05) is 23.5 Å². The summed E-state index contributed by atoms with van der Waals surface area (Å²) < 4.78 is 0. The molecule has 0 aliphatic heterocycles. The minimum Gasteiger partial charge on any atom is -0.385 e. The number of hydrazone groups is 1. The number of nitrogens with zero attached hydrogens (tertiary/aromatic N) is 1. The highest BCUT2D eigenvalue weighted by atomic mass is 32.1. The van der Waals surface area contributed by atoms with E-state index in [9.17, 15) is 4.79 Å². The Kier molecular flexibility index (Phi) is 5.79. The van der Waals surface area contributed by atoms with Crippen LogP contribution in [0.2, 0.25) is 0 Å². The lowest BCUT2D eigenvalue weighted by atomic mass is 10.2. The van der Waals surface area contributed by atoms with Gasteiger partial charge in [0.15, 0.2) is 0 Å². The molecular formula is C15H17N3OS. The van der Waals surface area contributed by atoms with Gasteiger partial charge in [-0.1, -0.05) is 24.3 Å². The number of thiophene rings is 1. The molecule has 1 amide bonds. The lowest BCUT2D eigenvalue weighted by Crippen LogP contribution is -2.18. The number of benzene rings is 1. The van der Waals surface area contributed by atoms with E-state index in [1.807, 2.05) is 47.8 Å². The molecule has 2 rings (SSSR count). The Morgan fingerprint density at radius 1 is 1.20 bits per heavy atom. The van der Waals surface area contributed by atoms with Crippen molar-refractivity contribution in [1.82, 2.24) is 5.43 Å². The first-order valence-corrected chi connectivity index (χ1v) is 7.37. The molecule has 1 aromatic carbocycles. The summed E-state index contributed by atoms with van der Waals surface area (Å²) in [6.45, 7) is 0.770. The van der Waals surface area contributed by atoms with E-state index in [0.29, 0.717) is 6.42 Å². The molecule has 2 N–H and O–H groups in total. The molecule has 104 valence electrons. The molecule has 0 aliphatic carbocycles. The minimum atomic E-state index is -0.0623. The smallest absolute Gasteiger partial charge is 0.240 e. The molecule has 0 atom stereocenters. The van der Waals surface area contributed by atoms with E-state index >= 15 is 0 Å². The fourth-order valence-corrected chi connectivity index (χ4v) is 2.21. The number of nitrogens with one attached hydrogen (secondary N) is 2. The molecule has 0 fully saturated rings. The Balaban J connectivity index is 1.58. The van der Waals surface area contributed by atoms with Crippen LogP contribution in [0.4, 0.5) is 5.69 Å². The molecule has 20 heavy (non-hydrogen) atoms. The van der Waals surface area contributed by atoms with Crippen molar-refractivity contribution in [3.05, 3.63) is 52.7 Å². The van der Waals surface area contributed by atoms with Crippen LogP contribution in [0.15, 0.2) is 52.9 Å². The molecule has 1 heterocycles. The van der Waals surface area contributed by atoms with Gasteiger partial charge in [-0.25, -0.2) is 5.43 Å². The van der Waals surface area contributed by atoms with Gasteiger partial charge in [0.05, 0.1) is 6.21 Å². The SMILES string of the molecule is O=C(CCCNc1ccccc1)N/N=C/c1cccs1. The molecule has 0 saturated carbocycles. The second-order valence-electron chi connectivity index (χ2n) is 4.20. The van der Waals surface area contributed by atoms with Crippen LogP contribution in [0, 0.1) is 0 Å². The summed E-state index contributed by atoms with van der Waals surface area (Å²) in [5.74, 6) is -0.0623. The van der Waals surface area contributed by atoms with E-state index in [0.717, 1.165) is 23.5 Å². The van der Waals surface area contributed by atoms with E-state index in [1.165, 1.54) is 0 Å². The summed E-state index contributed by atoms with van der Waals surface area (Å²) >= 11 is 1.58. The normalized spacial score (nSPS) is 10.6. The molecule has 0 saturated heterocycles. The zero-order valence-electron chi connectivity index (χ0n) is 11.1. The Morgan fingerprint density at radius 3 is 2.80 bits per heavy atom. The van der Waals surface area contributed by atoms with Gasteiger partial charge < -0.3 is 5.32 Å². The van der Waals surface area contributed by atoms with Crippen LogP contribution < -0.4 is 10.7 Å². The average Bonchev–Trinajstić information content (AvgIpc) is 2.98. The van der Waals surface area contributed by atoms with E-state index in [-0.39, 0.29) is 5.91 Å². The van der Waals surface area contributed by atoms with E-state index < -0.39 is 0 Å². The number of rotatable bonds is 7. The van der Waals surface area contributed by atoms with Crippen molar-refractivity contribution < 1.29 is 4.79 Å². The maximum Gasteiger partial charge on any atom is 0.240 e. The van der Waals surface area contributed by atoms with Gasteiger partial charge in [0.25, 0.3) is 0 Å². The Bertz CT molecular complexity index is 538. The zero-order chi connectivity index (χ0) is 14.0. The highest BCUT2D eigenvalue weighted by Gasteiger charge is 1.99. The summed E-state index contributed by atoms with van der Waals surface area (Å²) in [5, 5.41) is 9.15.